The molecule has 44 heavy (non-hydrogen) atoms. The second-order valence-electron chi connectivity index (χ2n) is 12.2. The summed E-state index contributed by atoms with van der Waals surface area (Å²) in [5, 5.41) is 60.0. The third kappa shape index (κ3) is 5.05. The van der Waals surface area contributed by atoms with Crippen molar-refractivity contribution in [1.29, 1.82) is 0 Å². The molecule has 14 heteroatoms. The zero-order chi connectivity index (χ0) is 32.7. The number of amides is 1. The smallest absolute Gasteiger partial charge is 0.320 e. The van der Waals surface area contributed by atoms with E-state index in [-0.39, 0.29) is 30.6 Å². The van der Waals surface area contributed by atoms with E-state index in [1.165, 1.54) is 19.0 Å². The number of nitrogens with two attached hydrogens (primary N) is 1. The van der Waals surface area contributed by atoms with Gasteiger partial charge in [0, 0.05) is 23.8 Å². The minimum atomic E-state index is -2.84. The van der Waals surface area contributed by atoms with Crippen LogP contribution in [0.15, 0.2) is 45.6 Å². The van der Waals surface area contributed by atoms with Crippen molar-refractivity contribution >= 4 is 29.7 Å². The standard InChI is InChI=1S/C30H40N4O10/c1-29(12-35)14-7-6-9-18(36)19(14)23(37)20-15(29)11-16-22(34(2)3)24(38)21(26(40)30(16,44)25(20)39)27(41)33-13-32-17(28(42)43)8-4-5-10-31/h7,12,15-17,22,32,36,38-39,44H,4-6,8-11,13,31H2,1-3H3,(H,33,41)(H,42,43)/t15-,16-,17?,22-,29+,30-/m0/s1. The number of likely N-dealkylation sites (N-methyl/N-ethyl adjacent to an activating group) is 1. The van der Waals surface area contributed by atoms with Crippen LogP contribution in [0, 0.1) is 17.3 Å². The molecule has 4 aliphatic rings. The summed E-state index contributed by atoms with van der Waals surface area (Å²) in [6.07, 6.45) is 3.93. The third-order valence-corrected chi connectivity index (χ3v) is 9.42. The number of carbonyl (C=O) groups is 5. The Morgan fingerprint density at radius 1 is 1.20 bits per heavy atom. The number of aliphatic carboxylic acids is 1. The molecule has 0 heterocycles. The number of fused-ring (bicyclic) bond motifs is 3. The summed E-state index contributed by atoms with van der Waals surface area (Å²) in [6, 6.07) is -2.25. The molecule has 1 fully saturated rings. The average Bonchev–Trinajstić information content (AvgIpc) is 2.96. The Bertz CT molecular complexity index is 1410. The summed E-state index contributed by atoms with van der Waals surface area (Å²) in [4.78, 5) is 66.7. The summed E-state index contributed by atoms with van der Waals surface area (Å²) in [5.74, 6) is -8.82. The monoisotopic (exact) mass is 616 g/mol. The molecule has 0 aromatic rings. The summed E-state index contributed by atoms with van der Waals surface area (Å²) >= 11 is 0. The fourth-order valence-electron chi connectivity index (χ4n) is 7.10. The molecule has 0 radical (unpaired) electrons. The molecule has 4 aliphatic carbocycles. The van der Waals surface area contributed by atoms with Gasteiger partial charge in [-0.25, -0.2) is 0 Å². The van der Waals surface area contributed by atoms with Gasteiger partial charge in [0.25, 0.3) is 5.91 Å². The van der Waals surface area contributed by atoms with Crippen molar-refractivity contribution in [1.82, 2.24) is 15.5 Å². The first-order valence-corrected chi connectivity index (χ1v) is 14.6. The van der Waals surface area contributed by atoms with E-state index in [0.29, 0.717) is 37.7 Å². The van der Waals surface area contributed by atoms with Crippen LogP contribution in [0.4, 0.5) is 0 Å². The maximum absolute atomic E-state index is 13.9. The van der Waals surface area contributed by atoms with Crippen LogP contribution >= 0.6 is 0 Å². The van der Waals surface area contributed by atoms with E-state index in [1.54, 1.807) is 13.0 Å². The van der Waals surface area contributed by atoms with Crippen LogP contribution in [-0.2, 0) is 24.0 Å². The molecule has 1 amide bonds. The Balaban J connectivity index is 1.75. The molecule has 240 valence electrons. The highest BCUT2D eigenvalue weighted by atomic mass is 16.4. The van der Waals surface area contributed by atoms with Crippen molar-refractivity contribution < 1.29 is 49.5 Å². The number of aliphatic hydroxyl groups excluding tert-OH is 3. The van der Waals surface area contributed by atoms with E-state index in [1.807, 2.05) is 0 Å². The lowest BCUT2D eigenvalue weighted by molar-refractivity contribution is -0.151. The van der Waals surface area contributed by atoms with Crippen LogP contribution in [0.1, 0.15) is 45.4 Å². The van der Waals surface area contributed by atoms with Gasteiger partial charge in [-0.05, 0) is 58.8 Å². The van der Waals surface area contributed by atoms with Gasteiger partial charge in [0.2, 0.25) is 5.78 Å². The Morgan fingerprint density at radius 2 is 1.89 bits per heavy atom. The number of ketones is 2. The van der Waals surface area contributed by atoms with Gasteiger partial charge in [-0.1, -0.05) is 12.5 Å². The second kappa shape index (κ2) is 12.3. The first-order valence-electron chi connectivity index (χ1n) is 14.6. The highest BCUT2D eigenvalue weighted by Gasteiger charge is 2.66. The number of carboxylic acid groups (broad SMARTS) is 1. The lowest BCUT2D eigenvalue weighted by Gasteiger charge is -2.53. The zero-order valence-electron chi connectivity index (χ0n) is 24.9. The van der Waals surface area contributed by atoms with E-state index < -0.39 is 87.7 Å². The molecule has 0 aromatic heterocycles. The van der Waals surface area contributed by atoms with E-state index in [9.17, 15) is 49.5 Å². The number of aliphatic hydroxyl groups is 4. The Kier molecular flexibility index (Phi) is 9.22. The van der Waals surface area contributed by atoms with Crippen LogP contribution in [-0.4, -0.2) is 105 Å². The highest BCUT2D eigenvalue weighted by Crippen LogP contribution is 2.59. The number of hydrogen-bond donors (Lipinski definition) is 8. The molecule has 9 N–H and O–H groups in total. The number of carboxylic acids is 1. The molecule has 6 atom stereocenters. The van der Waals surface area contributed by atoms with Gasteiger partial charge in [-0.15, -0.1) is 0 Å². The molecular weight excluding hydrogens is 576 g/mol. The molecule has 4 rings (SSSR count). The maximum atomic E-state index is 13.9. The number of nitrogens with one attached hydrogen (secondary N) is 2. The quantitative estimate of drug-likeness (QED) is 0.0664. The van der Waals surface area contributed by atoms with Crippen LogP contribution in [0.5, 0.6) is 0 Å². The summed E-state index contributed by atoms with van der Waals surface area (Å²) < 4.78 is 0. The van der Waals surface area contributed by atoms with E-state index in [2.05, 4.69) is 10.6 Å². The topological polar surface area (TPSA) is 240 Å². The predicted octanol–water partition coefficient (Wildman–Crippen LogP) is 0.0564. The summed E-state index contributed by atoms with van der Waals surface area (Å²) in [7, 11) is 3.05. The van der Waals surface area contributed by atoms with Gasteiger partial charge in [-0.3, -0.25) is 29.4 Å². The molecule has 0 aliphatic heterocycles. The van der Waals surface area contributed by atoms with Gasteiger partial charge < -0.3 is 41.4 Å². The SMILES string of the molecule is CN(C)[C@@H]1C(O)=C(C(=O)NCNC(CCCCN)C(=O)O)C(=O)[C@@]2(O)C(O)=C3C(=O)C4=C(O)CCC=C4[C@@](C)(C=O)[C@H]3C[C@@H]12. The van der Waals surface area contributed by atoms with Crippen LogP contribution in [0.2, 0.25) is 0 Å². The van der Waals surface area contributed by atoms with E-state index >= 15 is 0 Å². The molecule has 14 nitrogen and oxygen atoms in total. The highest BCUT2D eigenvalue weighted by molar-refractivity contribution is 6.25. The lowest BCUT2D eigenvalue weighted by atomic mass is 9.51. The third-order valence-electron chi connectivity index (χ3n) is 9.42. The second-order valence-corrected chi connectivity index (χ2v) is 12.2. The Labute approximate surface area is 254 Å². The average molecular weight is 617 g/mol. The maximum Gasteiger partial charge on any atom is 0.320 e. The normalized spacial score (nSPS) is 30.9. The van der Waals surface area contributed by atoms with Crippen molar-refractivity contribution in [2.24, 2.45) is 23.0 Å². The largest absolute Gasteiger partial charge is 0.512 e. The van der Waals surface area contributed by atoms with Gasteiger partial charge in [0.1, 0.15) is 35.2 Å². The fourth-order valence-corrected chi connectivity index (χ4v) is 7.10. The molecule has 0 bridgehead atoms. The van der Waals surface area contributed by atoms with Gasteiger partial charge in [0.05, 0.1) is 23.7 Å². The minimum absolute atomic E-state index is 0.122. The van der Waals surface area contributed by atoms with Crippen LogP contribution in [0.25, 0.3) is 0 Å². The minimum Gasteiger partial charge on any atom is -0.512 e. The molecule has 0 saturated heterocycles. The van der Waals surface area contributed by atoms with E-state index in [0.717, 1.165) is 0 Å². The van der Waals surface area contributed by atoms with Gasteiger partial charge >= 0.3 is 5.97 Å². The Morgan fingerprint density at radius 3 is 2.48 bits per heavy atom. The first kappa shape index (κ1) is 33.1. The fraction of sp³-hybridized carbons (Fsp3) is 0.567. The first-order chi connectivity index (χ1) is 20.7. The van der Waals surface area contributed by atoms with Crippen LogP contribution in [0.3, 0.4) is 0 Å². The van der Waals surface area contributed by atoms with Crippen molar-refractivity contribution in [3.05, 3.63) is 45.6 Å². The van der Waals surface area contributed by atoms with E-state index in [4.69, 9.17) is 5.73 Å². The molecule has 1 unspecified atom stereocenters. The number of hydrogen-bond acceptors (Lipinski definition) is 12. The molecule has 1 saturated carbocycles. The number of carbonyl (C=O) groups excluding carboxylic acids is 4. The van der Waals surface area contributed by atoms with Gasteiger partial charge in [-0.2, -0.15) is 0 Å². The number of nitrogens with zero attached hydrogens (tertiary/aromatic N) is 1. The van der Waals surface area contributed by atoms with Crippen molar-refractivity contribution in [2.75, 3.05) is 27.3 Å². The number of aldehydes is 1. The zero-order valence-corrected chi connectivity index (χ0v) is 24.9. The molecule has 0 spiro atoms. The van der Waals surface area contributed by atoms with Crippen molar-refractivity contribution in [2.45, 2.75) is 63.1 Å². The number of Topliss-reactive ketones (excluding diaryl/α,β-unsaturated/α-hetero) is 2. The van der Waals surface area contributed by atoms with Crippen molar-refractivity contribution in [3.63, 3.8) is 0 Å². The number of allylic oxidation sites excluding steroid dienone is 5. The molecule has 0 aromatic carbocycles. The van der Waals surface area contributed by atoms with Crippen molar-refractivity contribution in [3.8, 4) is 0 Å². The van der Waals surface area contributed by atoms with Crippen LogP contribution < -0.4 is 16.4 Å². The predicted molar refractivity (Wildman–Crippen MR) is 155 cm³/mol. The Hall–Kier alpha value is -3.85. The lowest BCUT2D eigenvalue weighted by Crippen LogP contribution is -2.65. The molecular formula is C30H40N4O10. The summed E-state index contributed by atoms with van der Waals surface area (Å²) in [5.41, 5.74) is 0.0484. The number of rotatable bonds is 11. The summed E-state index contributed by atoms with van der Waals surface area (Å²) in [6.45, 7) is 1.53. The number of unbranched alkanes of at least 4 members (excludes halogenated alkanes) is 1. The van der Waals surface area contributed by atoms with Gasteiger partial charge in [0.15, 0.2) is 11.4 Å².